The first-order valence-electron chi connectivity index (χ1n) is 8.80. The van der Waals surface area contributed by atoms with Crippen molar-refractivity contribution in [1.29, 1.82) is 0 Å². The minimum atomic E-state index is -0.214. The molecule has 0 saturated carbocycles. The van der Waals surface area contributed by atoms with Crippen LogP contribution in [-0.2, 0) is 4.79 Å². The molecule has 4 nitrogen and oxygen atoms in total. The SMILES string of the molecule is Cc1cc(Cl)ccc1NC(=O)CCN1CCN(c2ccc(F)cc2)CC1. The normalized spacial score (nSPS) is 15.1. The number of anilines is 2. The molecule has 0 unspecified atom stereocenters. The molecule has 1 aliphatic rings. The van der Waals surface area contributed by atoms with Crippen molar-refractivity contribution in [2.75, 3.05) is 42.9 Å². The largest absolute Gasteiger partial charge is 0.369 e. The van der Waals surface area contributed by atoms with Gasteiger partial charge in [0, 0.05) is 55.5 Å². The Morgan fingerprint density at radius 1 is 1.12 bits per heavy atom. The second-order valence-corrected chi connectivity index (χ2v) is 7.00. The molecule has 1 N–H and O–H groups in total. The van der Waals surface area contributed by atoms with Gasteiger partial charge in [-0.05, 0) is 55.0 Å². The van der Waals surface area contributed by atoms with Gasteiger partial charge in [-0.25, -0.2) is 4.39 Å². The summed E-state index contributed by atoms with van der Waals surface area (Å²) in [6.45, 7) is 6.20. The van der Waals surface area contributed by atoms with Crippen molar-refractivity contribution in [3.05, 3.63) is 58.9 Å². The van der Waals surface area contributed by atoms with E-state index in [0.29, 0.717) is 11.4 Å². The van der Waals surface area contributed by atoms with E-state index in [1.807, 2.05) is 31.2 Å². The number of carbonyl (C=O) groups excluding carboxylic acids is 1. The van der Waals surface area contributed by atoms with Crippen LogP contribution in [0.3, 0.4) is 0 Å². The zero-order chi connectivity index (χ0) is 18.5. The molecule has 6 heteroatoms. The highest BCUT2D eigenvalue weighted by Crippen LogP contribution is 2.20. The van der Waals surface area contributed by atoms with Crippen molar-refractivity contribution in [3.63, 3.8) is 0 Å². The highest BCUT2D eigenvalue weighted by molar-refractivity contribution is 6.30. The molecule has 1 saturated heterocycles. The predicted octanol–water partition coefficient (Wildman–Crippen LogP) is 3.94. The maximum atomic E-state index is 13.0. The van der Waals surface area contributed by atoms with Gasteiger partial charge in [0.05, 0.1) is 0 Å². The van der Waals surface area contributed by atoms with Gasteiger partial charge in [-0.15, -0.1) is 0 Å². The quantitative estimate of drug-likeness (QED) is 0.859. The molecule has 2 aromatic rings. The Balaban J connectivity index is 1.43. The maximum absolute atomic E-state index is 13.0. The molecule has 2 aromatic carbocycles. The summed E-state index contributed by atoms with van der Waals surface area (Å²) in [7, 11) is 0. The highest BCUT2D eigenvalue weighted by atomic mass is 35.5. The lowest BCUT2D eigenvalue weighted by Gasteiger charge is -2.36. The molecule has 0 radical (unpaired) electrons. The minimum absolute atomic E-state index is 0.0105. The van der Waals surface area contributed by atoms with E-state index in [4.69, 9.17) is 11.6 Å². The molecule has 1 aliphatic heterocycles. The number of nitrogens with one attached hydrogen (secondary N) is 1. The van der Waals surface area contributed by atoms with Crippen LogP contribution in [0.25, 0.3) is 0 Å². The van der Waals surface area contributed by atoms with Gasteiger partial charge in [0.25, 0.3) is 0 Å². The lowest BCUT2D eigenvalue weighted by atomic mass is 10.2. The first-order valence-corrected chi connectivity index (χ1v) is 9.18. The Morgan fingerprint density at radius 2 is 1.81 bits per heavy atom. The summed E-state index contributed by atoms with van der Waals surface area (Å²) >= 11 is 5.94. The number of rotatable bonds is 5. The van der Waals surface area contributed by atoms with Gasteiger partial charge in [0.2, 0.25) is 5.91 Å². The monoisotopic (exact) mass is 375 g/mol. The number of carbonyl (C=O) groups is 1. The van der Waals surface area contributed by atoms with Crippen molar-refractivity contribution < 1.29 is 9.18 Å². The van der Waals surface area contributed by atoms with Gasteiger partial charge in [-0.3, -0.25) is 9.69 Å². The van der Waals surface area contributed by atoms with E-state index in [1.54, 1.807) is 6.07 Å². The van der Waals surface area contributed by atoms with Crippen molar-refractivity contribution in [3.8, 4) is 0 Å². The zero-order valence-corrected chi connectivity index (χ0v) is 15.6. The Bertz CT molecular complexity index is 758. The van der Waals surface area contributed by atoms with Crippen LogP contribution in [-0.4, -0.2) is 43.5 Å². The van der Waals surface area contributed by atoms with Crippen molar-refractivity contribution in [2.24, 2.45) is 0 Å². The standard InChI is InChI=1S/C20H23ClFN3O/c1-15-14-16(21)2-7-19(15)23-20(26)8-9-24-10-12-25(13-11-24)18-5-3-17(22)4-6-18/h2-7,14H,8-13H2,1H3,(H,23,26). The summed E-state index contributed by atoms with van der Waals surface area (Å²) in [6, 6.07) is 12.1. The van der Waals surface area contributed by atoms with Crippen LogP contribution in [0.15, 0.2) is 42.5 Å². The van der Waals surface area contributed by atoms with E-state index in [2.05, 4.69) is 15.1 Å². The smallest absolute Gasteiger partial charge is 0.225 e. The van der Waals surface area contributed by atoms with Crippen LogP contribution in [0.4, 0.5) is 15.8 Å². The van der Waals surface area contributed by atoms with Crippen molar-refractivity contribution >= 4 is 28.9 Å². The molecule has 1 fully saturated rings. The van der Waals surface area contributed by atoms with E-state index < -0.39 is 0 Å². The number of benzene rings is 2. The van der Waals surface area contributed by atoms with Crippen LogP contribution in [0.2, 0.25) is 5.02 Å². The van der Waals surface area contributed by atoms with Crippen LogP contribution >= 0.6 is 11.6 Å². The Hall–Kier alpha value is -2.11. The molecular formula is C20H23ClFN3O. The summed E-state index contributed by atoms with van der Waals surface area (Å²) in [5.74, 6) is -0.203. The van der Waals surface area contributed by atoms with Gasteiger partial charge >= 0.3 is 0 Å². The molecule has 0 aliphatic carbocycles. The van der Waals surface area contributed by atoms with Crippen molar-refractivity contribution in [2.45, 2.75) is 13.3 Å². The van der Waals surface area contributed by atoms with E-state index in [0.717, 1.165) is 49.7 Å². The molecule has 0 aromatic heterocycles. The third-order valence-electron chi connectivity index (χ3n) is 4.68. The van der Waals surface area contributed by atoms with Crippen LogP contribution in [0.1, 0.15) is 12.0 Å². The van der Waals surface area contributed by atoms with Gasteiger partial charge in [0.1, 0.15) is 5.82 Å². The van der Waals surface area contributed by atoms with E-state index >= 15 is 0 Å². The lowest BCUT2D eigenvalue weighted by molar-refractivity contribution is -0.116. The fourth-order valence-electron chi connectivity index (χ4n) is 3.12. The van der Waals surface area contributed by atoms with Gasteiger partial charge in [0.15, 0.2) is 0 Å². The fraction of sp³-hybridized carbons (Fsp3) is 0.350. The van der Waals surface area contributed by atoms with Gasteiger partial charge in [-0.1, -0.05) is 11.6 Å². The number of piperazine rings is 1. The van der Waals surface area contributed by atoms with Crippen LogP contribution in [0.5, 0.6) is 0 Å². The molecule has 26 heavy (non-hydrogen) atoms. The number of aryl methyl sites for hydroxylation is 1. The molecule has 1 heterocycles. The summed E-state index contributed by atoms with van der Waals surface area (Å²) in [5.41, 5.74) is 2.81. The Morgan fingerprint density at radius 3 is 2.46 bits per heavy atom. The van der Waals surface area contributed by atoms with Crippen LogP contribution < -0.4 is 10.2 Å². The lowest BCUT2D eigenvalue weighted by Crippen LogP contribution is -2.47. The average molecular weight is 376 g/mol. The second kappa shape index (κ2) is 8.52. The van der Waals surface area contributed by atoms with E-state index in [1.165, 1.54) is 12.1 Å². The van der Waals surface area contributed by atoms with Gasteiger partial charge < -0.3 is 10.2 Å². The Labute approximate surface area is 158 Å². The summed E-state index contributed by atoms with van der Waals surface area (Å²) in [5, 5.41) is 3.61. The van der Waals surface area contributed by atoms with Crippen LogP contribution in [0, 0.1) is 12.7 Å². The topological polar surface area (TPSA) is 35.6 Å². The molecule has 0 spiro atoms. The Kier molecular flexibility index (Phi) is 6.12. The van der Waals surface area contributed by atoms with Gasteiger partial charge in [-0.2, -0.15) is 0 Å². The number of hydrogen-bond acceptors (Lipinski definition) is 3. The average Bonchev–Trinajstić information content (AvgIpc) is 2.63. The third-order valence-corrected chi connectivity index (χ3v) is 4.92. The molecule has 0 bridgehead atoms. The zero-order valence-electron chi connectivity index (χ0n) is 14.8. The molecule has 3 rings (SSSR count). The van der Waals surface area contributed by atoms with E-state index in [-0.39, 0.29) is 11.7 Å². The first-order chi connectivity index (χ1) is 12.5. The number of hydrogen-bond donors (Lipinski definition) is 1. The second-order valence-electron chi connectivity index (χ2n) is 6.56. The molecule has 0 atom stereocenters. The number of halogens is 2. The summed E-state index contributed by atoms with van der Waals surface area (Å²) in [4.78, 5) is 16.7. The summed E-state index contributed by atoms with van der Waals surface area (Å²) in [6.07, 6.45) is 0.457. The minimum Gasteiger partial charge on any atom is -0.369 e. The third kappa shape index (κ3) is 4.96. The summed E-state index contributed by atoms with van der Waals surface area (Å²) < 4.78 is 13.0. The van der Waals surface area contributed by atoms with E-state index in [9.17, 15) is 9.18 Å². The molecular weight excluding hydrogens is 353 g/mol. The molecule has 1 amide bonds. The fourth-order valence-corrected chi connectivity index (χ4v) is 3.35. The number of nitrogens with zero attached hydrogens (tertiary/aromatic N) is 2. The number of amides is 1. The van der Waals surface area contributed by atoms with Crippen molar-refractivity contribution in [1.82, 2.24) is 4.90 Å². The maximum Gasteiger partial charge on any atom is 0.225 e. The molecule has 138 valence electrons. The highest BCUT2D eigenvalue weighted by Gasteiger charge is 2.18. The first kappa shape index (κ1) is 18.7. The predicted molar refractivity (Wildman–Crippen MR) is 104 cm³/mol.